The molecule has 1 aromatic rings. The zero-order valence-electron chi connectivity index (χ0n) is 11.5. The molecule has 6 nitrogen and oxygen atoms in total. The van der Waals surface area contributed by atoms with E-state index in [-0.39, 0.29) is 23.3 Å². The van der Waals surface area contributed by atoms with Crippen molar-refractivity contribution in [1.29, 1.82) is 0 Å². The lowest BCUT2D eigenvalue weighted by Crippen LogP contribution is -2.45. The quantitative estimate of drug-likeness (QED) is 0.859. The lowest BCUT2D eigenvalue weighted by molar-refractivity contribution is 0.171. The summed E-state index contributed by atoms with van der Waals surface area (Å²) in [5.74, 6) is 1.08. The minimum absolute atomic E-state index is 0. The van der Waals surface area contributed by atoms with Gasteiger partial charge in [0, 0.05) is 18.7 Å². The second-order valence-electron chi connectivity index (χ2n) is 4.97. The SMILES string of the molecule is Cl.O=S(=O)(NC1CCCNC1)c1ccc2c(c1)OCCO2. The van der Waals surface area contributed by atoms with E-state index in [1.807, 2.05) is 0 Å². The molecule has 1 saturated heterocycles. The first-order chi connectivity index (χ1) is 9.65. The van der Waals surface area contributed by atoms with Gasteiger partial charge in [-0.2, -0.15) is 0 Å². The molecule has 3 rings (SSSR count). The van der Waals surface area contributed by atoms with Gasteiger partial charge in [0.2, 0.25) is 10.0 Å². The molecular formula is C13H19ClN2O4S. The van der Waals surface area contributed by atoms with Crippen molar-refractivity contribution in [3.05, 3.63) is 18.2 Å². The van der Waals surface area contributed by atoms with Crippen LogP contribution in [0.15, 0.2) is 23.1 Å². The third-order valence-electron chi connectivity index (χ3n) is 3.44. The minimum Gasteiger partial charge on any atom is -0.486 e. The van der Waals surface area contributed by atoms with Crippen molar-refractivity contribution in [2.45, 2.75) is 23.8 Å². The van der Waals surface area contributed by atoms with Crippen LogP contribution in [0.4, 0.5) is 0 Å². The topological polar surface area (TPSA) is 76.7 Å². The molecule has 0 spiro atoms. The normalized spacial score (nSPS) is 21.4. The van der Waals surface area contributed by atoms with Crippen LogP contribution in [0.1, 0.15) is 12.8 Å². The number of rotatable bonds is 3. The molecule has 1 fully saturated rings. The van der Waals surface area contributed by atoms with Gasteiger partial charge in [-0.3, -0.25) is 0 Å². The van der Waals surface area contributed by atoms with E-state index in [9.17, 15) is 8.42 Å². The van der Waals surface area contributed by atoms with Crippen molar-refractivity contribution in [3.63, 3.8) is 0 Å². The van der Waals surface area contributed by atoms with Crippen LogP contribution in [-0.2, 0) is 10.0 Å². The van der Waals surface area contributed by atoms with Gasteiger partial charge in [0.1, 0.15) is 13.2 Å². The molecule has 0 aromatic heterocycles. The Morgan fingerprint density at radius 2 is 1.95 bits per heavy atom. The first kappa shape index (κ1) is 16.4. The smallest absolute Gasteiger partial charge is 0.241 e. The zero-order valence-corrected chi connectivity index (χ0v) is 13.1. The van der Waals surface area contributed by atoms with E-state index in [4.69, 9.17) is 9.47 Å². The average molecular weight is 335 g/mol. The lowest BCUT2D eigenvalue weighted by atomic mass is 10.1. The van der Waals surface area contributed by atoms with E-state index in [2.05, 4.69) is 10.0 Å². The van der Waals surface area contributed by atoms with Crippen LogP contribution >= 0.6 is 12.4 Å². The second-order valence-corrected chi connectivity index (χ2v) is 6.68. The molecule has 2 aliphatic rings. The molecule has 21 heavy (non-hydrogen) atoms. The van der Waals surface area contributed by atoms with Gasteiger partial charge in [0.15, 0.2) is 11.5 Å². The molecule has 2 heterocycles. The second kappa shape index (κ2) is 6.83. The van der Waals surface area contributed by atoms with Gasteiger partial charge >= 0.3 is 0 Å². The number of nitrogens with one attached hydrogen (secondary N) is 2. The Morgan fingerprint density at radius 3 is 2.67 bits per heavy atom. The maximum atomic E-state index is 12.4. The van der Waals surface area contributed by atoms with Gasteiger partial charge in [-0.25, -0.2) is 13.1 Å². The van der Waals surface area contributed by atoms with E-state index in [0.29, 0.717) is 31.3 Å². The lowest BCUT2D eigenvalue weighted by Gasteiger charge is -2.24. The van der Waals surface area contributed by atoms with Gasteiger partial charge in [0.05, 0.1) is 4.90 Å². The molecule has 0 bridgehead atoms. The highest BCUT2D eigenvalue weighted by atomic mass is 35.5. The Bertz CT molecular complexity index is 588. The summed E-state index contributed by atoms with van der Waals surface area (Å²) >= 11 is 0. The standard InChI is InChI=1S/C13H18N2O4S.ClH/c16-20(17,15-10-2-1-5-14-9-10)11-3-4-12-13(8-11)19-7-6-18-12;/h3-4,8,10,14-15H,1-2,5-7,9H2;1H. The number of ether oxygens (including phenoxy) is 2. The first-order valence-electron chi connectivity index (χ1n) is 6.78. The molecule has 1 atom stereocenters. The molecule has 2 N–H and O–H groups in total. The van der Waals surface area contributed by atoms with E-state index in [1.54, 1.807) is 12.1 Å². The molecule has 118 valence electrons. The molecule has 0 aliphatic carbocycles. The van der Waals surface area contributed by atoms with E-state index >= 15 is 0 Å². The summed E-state index contributed by atoms with van der Waals surface area (Å²) in [6.07, 6.45) is 1.84. The Labute approximate surface area is 130 Å². The van der Waals surface area contributed by atoms with Crippen LogP contribution in [0.25, 0.3) is 0 Å². The van der Waals surface area contributed by atoms with Crippen molar-refractivity contribution in [2.24, 2.45) is 0 Å². The van der Waals surface area contributed by atoms with Crippen molar-refractivity contribution in [2.75, 3.05) is 26.3 Å². The minimum atomic E-state index is -3.52. The summed E-state index contributed by atoms with van der Waals surface area (Å²) in [4.78, 5) is 0.215. The van der Waals surface area contributed by atoms with Gasteiger partial charge in [-0.15, -0.1) is 12.4 Å². The number of fused-ring (bicyclic) bond motifs is 1. The fourth-order valence-electron chi connectivity index (χ4n) is 2.43. The van der Waals surface area contributed by atoms with E-state index < -0.39 is 10.0 Å². The fourth-order valence-corrected chi connectivity index (χ4v) is 3.72. The van der Waals surface area contributed by atoms with E-state index in [1.165, 1.54) is 6.07 Å². The Kier molecular flexibility index (Phi) is 5.32. The third-order valence-corrected chi connectivity index (χ3v) is 4.96. The number of halogens is 1. The molecule has 1 aromatic carbocycles. The molecule has 0 amide bonds. The third kappa shape index (κ3) is 3.79. The summed E-state index contributed by atoms with van der Waals surface area (Å²) in [6, 6.07) is 4.66. The van der Waals surface area contributed by atoms with Crippen LogP contribution in [0.2, 0.25) is 0 Å². The monoisotopic (exact) mass is 334 g/mol. The Hall–Kier alpha value is -1.02. The van der Waals surface area contributed by atoms with Gasteiger partial charge in [0.25, 0.3) is 0 Å². The largest absolute Gasteiger partial charge is 0.486 e. The maximum absolute atomic E-state index is 12.4. The summed E-state index contributed by atoms with van der Waals surface area (Å²) in [6.45, 7) is 2.55. The molecular weight excluding hydrogens is 316 g/mol. The van der Waals surface area contributed by atoms with Crippen molar-refractivity contribution in [1.82, 2.24) is 10.0 Å². The van der Waals surface area contributed by atoms with Gasteiger partial charge in [-0.1, -0.05) is 0 Å². The van der Waals surface area contributed by atoms with Crippen molar-refractivity contribution in [3.8, 4) is 11.5 Å². The summed E-state index contributed by atoms with van der Waals surface area (Å²) in [5, 5.41) is 3.19. The van der Waals surface area contributed by atoms with Crippen LogP contribution in [-0.4, -0.2) is 40.8 Å². The van der Waals surface area contributed by atoms with Crippen LogP contribution in [0, 0.1) is 0 Å². The molecule has 2 aliphatic heterocycles. The van der Waals surface area contributed by atoms with Crippen LogP contribution in [0.5, 0.6) is 11.5 Å². The molecule has 0 saturated carbocycles. The van der Waals surface area contributed by atoms with Crippen LogP contribution in [0.3, 0.4) is 0 Å². The number of sulfonamides is 1. The number of piperidine rings is 1. The number of benzene rings is 1. The highest BCUT2D eigenvalue weighted by molar-refractivity contribution is 7.89. The van der Waals surface area contributed by atoms with Crippen molar-refractivity contribution < 1.29 is 17.9 Å². The molecule has 8 heteroatoms. The summed E-state index contributed by atoms with van der Waals surface area (Å²) in [7, 11) is -3.52. The highest BCUT2D eigenvalue weighted by Crippen LogP contribution is 2.32. The predicted octanol–water partition coefficient (Wildman–Crippen LogP) is 0.910. The average Bonchev–Trinajstić information content (AvgIpc) is 2.47. The number of hydrogen-bond donors (Lipinski definition) is 2. The first-order valence-corrected chi connectivity index (χ1v) is 8.26. The Morgan fingerprint density at radius 1 is 1.19 bits per heavy atom. The molecule has 0 radical (unpaired) electrons. The summed E-state index contributed by atoms with van der Waals surface area (Å²) in [5.41, 5.74) is 0. The van der Waals surface area contributed by atoms with Gasteiger partial charge in [-0.05, 0) is 31.5 Å². The van der Waals surface area contributed by atoms with Crippen molar-refractivity contribution >= 4 is 22.4 Å². The predicted molar refractivity (Wildman–Crippen MR) is 80.9 cm³/mol. The van der Waals surface area contributed by atoms with Crippen LogP contribution < -0.4 is 19.5 Å². The number of hydrogen-bond acceptors (Lipinski definition) is 5. The zero-order chi connectivity index (χ0) is 14.0. The fraction of sp³-hybridized carbons (Fsp3) is 0.538. The molecule has 1 unspecified atom stereocenters. The maximum Gasteiger partial charge on any atom is 0.241 e. The summed E-state index contributed by atoms with van der Waals surface area (Å²) < 4.78 is 38.2. The Balaban J connectivity index is 0.00000161. The highest BCUT2D eigenvalue weighted by Gasteiger charge is 2.23. The van der Waals surface area contributed by atoms with E-state index in [0.717, 1.165) is 19.4 Å². The van der Waals surface area contributed by atoms with Gasteiger partial charge < -0.3 is 14.8 Å².